The van der Waals surface area contributed by atoms with Crippen LogP contribution < -0.4 is 0 Å². The number of oxazole rings is 1. The lowest BCUT2D eigenvalue weighted by Gasteiger charge is -2.37. The van der Waals surface area contributed by atoms with Crippen LogP contribution in [0.1, 0.15) is 40.8 Å². The van der Waals surface area contributed by atoms with Crippen molar-refractivity contribution in [3.63, 3.8) is 0 Å². The quantitative estimate of drug-likeness (QED) is 0.820. The molecule has 128 valence electrons. The minimum Gasteiger partial charge on any atom is -0.438 e. The van der Waals surface area contributed by atoms with E-state index >= 15 is 0 Å². The molecule has 0 saturated carbocycles. The second-order valence-corrected chi connectivity index (χ2v) is 6.78. The summed E-state index contributed by atoms with van der Waals surface area (Å²) in [6.07, 6.45) is 4.88. The lowest BCUT2D eigenvalue weighted by Crippen LogP contribution is -2.37. The van der Waals surface area contributed by atoms with E-state index in [1.54, 1.807) is 13.3 Å². The minimum atomic E-state index is -0.0967. The van der Waals surface area contributed by atoms with E-state index in [2.05, 4.69) is 15.2 Å². The predicted molar refractivity (Wildman–Crippen MR) is 83.4 cm³/mol. The third-order valence-electron chi connectivity index (χ3n) is 5.42. The number of nitrogens with zero attached hydrogens (tertiary/aromatic N) is 5. The summed E-state index contributed by atoms with van der Waals surface area (Å²) in [5.41, 5.74) is 0.617. The fourth-order valence-corrected chi connectivity index (χ4v) is 4.02. The molecule has 24 heavy (non-hydrogen) atoms. The molecule has 0 N–H and O–H groups in total. The standard InChI is InChI=1S/C16H21N5O3/c1-11-13(24-10-17-11)15(22)21-7-12(14-19-18-9-20(14)2)16(8-21)3-5-23-6-4-16/h9-10,12H,3-8H2,1-2H3. The van der Waals surface area contributed by atoms with Gasteiger partial charge in [-0.1, -0.05) is 0 Å². The molecule has 2 fully saturated rings. The summed E-state index contributed by atoms with van der Waals surface area (Å²) in [5.74, 6) is 1.32. The van der Waals surface area contributed by atoms with Crippen LogP contribution in [-0.2, 0) is 11.8 Å². The summed E-state index contributed by atoms with van der Waals surface area (Å²) in [6.45, 7) is 4.53. The van der Waals surface area contributed by atoms with Crippen molar-refractivity contribution in [2.45, 2.75) is 25.7 Å². The van der Waals surface area contributed by atoms with Crippen LogP contribution in [0.2, 0.25) is 0 Å². The zero-order valence-corrected chi connectivity index (χ0v) is 13.9. The molecule has 2 aromatic rings. The van der Waals surface area contributed by atoms with Gasteiger partial charge in [0.1, 0.15) is 12.2 Å². The van der Waals surface area contributed by atoms with E-state index in [1.165, 1.54) is 6.39 Å². The van der Waals surface area contributed by atoms with Crippen LogP contribution in [0, 0.1) is 12.3 Å². The van der Waals surface area contributed by atoms with E-state index in [9.17, 15) is 4.79 Å². The van der Waals surface area contributed by atoms with Crippen molar-refractivity contribution in [1.82, 2.24) is 24.6 Å². The van der Waals surface area contributed by atoms with E-state index in [0.717, 1.165) is 31.9 Å². The summed E-state index contributed by atoms with van der Waals surface area (Å²) in [7, 11) is 1.95. The van der Waals surface area contributed by atoms with Gasteiger partial charge in [0.15, 0.2) is 6.39 Å². The molecule has 1 unspecified atom stereocenters. The van der Waals surface area contributed by atoms with Crippen molar-refractivity contribution in [1.29, 1.82) is 0 Å². The summed E-state index contributed by atoms with van der Waals surface area (Å²) < 4.78 is 12.8. The van der Waals surface area contributed by atoms with Crippen LogP contribution in [0.3, 0.4) is 0 Å². The predicted octanol–water partition coefficient (Wildman–Crippen LogP) is 1.15. The fraction of sp³-hybridized carbons (Fsp3) is 0.625. The van der Waals surface area contributed by atoms with Gasteiger partial charge in [0, 0.05) is 44.7 Å². The highest BCUT2D eigenvalue weighted by molar-refractivity contribution is 5.92. The minimum absolute atomic E-state index is 0.0113. The molecule has 2 aliphatic rings. The topological polar surface area (TPSA) is 86.3 Å². The molecular formula is C16H21N5O3. The normalized spacial score (nSPS) is 23.1. The Kier molecular flexibility index (Phi) is 3.64. The molecule has 4 heterocycles. The molecule has 1 spiro atoms. The second kappa shape index (κ2) is 5.70. The SMILES string of the molecule is Cc1ncoc1C(=O)N1CC(c2nncn2C)C2(CCOCC2)C1. The average Bonchev–Trinajstić information content (AvgIpc) is 3.27. The lowest BCUT2D eigenvalue weighted by molar-refractivity contribution is 0.0106. The summed E-state index contributed by atoms with van der Waals surface area (Å²) in [4.78, 5) is 18.8. The Morgan fingerprint density at radius 1 is 1.38 bits per heavy atom. The van der Waals surface area contributed by atoms with Crippen LogP contribution in [0.5, 0.6) is 0 Å². The first kappa shape index (κ1) is 15.3. The van der Waals surface area contributed by atoms with Crippen LogP contribution in [0.25, 0.3) is 0 Å². The molecule has 2 aromatic heterocycles. The number of carbonyl (C=O) groups excluding carboxylic acids is 1. The third-order valence-corrected chi connectivity index (χ3v) is 5.42. The largest absolute Gasteiger partial charge is 0.438 e. The summed E-state index contributed by atoms with van der Waals surface area (Å²) in [6, 6.07) is 0. The maximum Gasteiger partial charge on any atom is 0.291 e. The van der Waals surface area contributed by atoms with E-state index in [0.29, 0.717) is 24.5 Å². The Hall–Kier alpha value is -2.22. The number of hydrogen-bond donors (Lipinski definition) is 0. The van der Waals surface area contributed by atoms with Crippen molar-refractivity contribution in [2.24, 2.45) is 12.5 Å². The zero-order chi connectivity index (χ0) is 16.7. The van der Waals surface area contributed by atoms with E-state index in [4.69, 9.17) is 9.15 Å². The molecule has 8 heteroatoms. The molecule has 2 saturated heterocycles. The maximum atomic E-state index is 12.9. The number of aromatic nitrogens is 4. The van der Waals surface area contributed by atoms with Gasteiger partial charge in [-0.25, -0.2) is 4.98 Å². The van der Waals surface area contributed by atoms with Gasteiger partial charge in [-0.2, -0.15) is 0 Å². The van der Waals surface area contributed by atoms with E-state index in [1.807, 2.05) is 16.5 Å². The number of rotatable bonds is 2. The third kappa shape index (κ3) is 2.32. The fourth-order valence-electron chi connectivity index (χ4n) is 4.02. The first-order valence-corrected chi connectivity index (χ1v) is 8.22. The molecule has 0 radical (unpaired) electrons. The highest BCUT2D eigenvalue weighted by atomic mass is 16.5. The van der Waals surface area contributed by atoms with Crippen molar-refractivity contribution in [2.75, 3.05) is 26.3 Å². The van der Waals surface area contributed by atoms with Gasteiger partial charge in [-0.15, -0.1) is 10.2 Å². The molecule has 0 aliphatic carbocycles. The zero-order valence-electron chi connectivity index (χ0n) is 13.9. The smallest absolute Gasteiger partial charge is 0.291 e. The molecule has 1 atom stereocenters. The number of amides is 1. The van der Waals surface area contributed by atoms with Crippen LogP contribution in [-0.4, -0.2) is 56.9 Å². The monoisotopic (exact) mass is 331 g/mol. The molecule has 0 bridgehead atoms. The molecular weight excluding hydrogens is 310 g/mol. The van der Waals surface area contributed by atoms with Gasteiger partial charge in [0.2, 0.25) is 5.76 Å². The van der Waals surface area contributed by atoms with Crippen molar-refractivity contribution in [3.8, 4) is 0 Å². The van der Waals surface area contributed by atoms with Gasteiger partial charge >= 0.3 is 0 Å². The van der Waals surface area contributed by atoms with Crippen molar-refractivity contribution >= 4 is 5.91 Å². The molecule has 4 rings (SSSR count). The van der Waals surface area contributed by atoms with Gasteiger partial charge in [0.25, 0.3) is 5.91 Å². The lowest BCUT2D eigenvalue weighted by atomic mass is 9.72. The second-order valence-electron chi connectivity index (χ2n) is 6.78. The summed E-state index contributed by atoms with van der Waals surface area (Å²) in [5, 5.41) is 8.35. The highest BCUT2D eigenvalue weighted by Crippen LogP contribution is 2.49. The van der Waals surface area contributed by atoms with Gasteiger partial charge in [-0.05, 0) is 19.8 Å². The molecule has 2 aliphatic heterocycles. The average molecular weight is 331 g/mol. The molecule has 8 nitrogen and oxygen atoms in total. The maximum absolute atomic E-state index is 12.9. The number of ether oxygens (including phenoxy) is 1. The van der Waals surface area contributed by atoms with E-state index < -0.39 is 0 Å². The van der Waals surface area contributed by atoms with Crippen LogP contribution >= 0.6 is 0 Å². The molecule has 1 amide bonds. The number of aryl methyl sites for hydroxylation is 2. The highest BCUT2D eigenvalue weighted by Gasteiger charge is 2.51. The first-order valence-electron chi connectivity index (χ1n) is 8.22. The Balaban J connectivity index is 1.67. The Bertz CT molecular complexity index is 746. The van der Waals surface area contributed by atoms with Crippen molar-refractivity contribution in [3.05, 3.63) is 30.0 Å². The van der Waals surface area contributed by atoms with Gasteiger partial charge in [-0.3, -0.25) is 4.79 Å². The molecule has 0 aromatic carbocycles. The number of hydrogen-bond acceptors (Lipinski definition) is 6. The Morgan fingerprint density at radius 2 is 2.17 bits per heavy atom. The number of likely N-dealkylation sites (tertiary alicyclic amines) is 1. The number of carbonyl (C=O) groups is 1. The van der Waals surface area contributed by atoms with E-state index in [-0.39, 0.29) is 17.2 Å². The first-order chi connectivity index (χ1) is 11.6. The van der Waals surface area contributed by atoms with Gasteiger partial charge in [0.05, 0.1) is 5.69 Å². The van der Waals surface area contributed by atoms with Gasteiger partial charge < -0.3 is 18.6 Å². The van der Waals surface area contributed by atoms with Crippen LogP contribution in [0.15, 0.2) is 17.1 Å². The van der Waals surface area contributed by atoms with Crippen LogP contribution in [0.4, 0.5) is 0 Å². The van der Waals surface area contributed by atoms with Crippen molar-refractivity contribution < 1.29 is 13.9 Å². The summed E-state index contributed by atoms with van der Waals surface area (Å²) >= 11 is 0. The Labute approximate surface area is 139 Å². The Morgan fingerprint density at radius 3 is 2.79 bits per heavy atom.